The second-order valence-electron chi connectivity index (χ2n) is 3.59. The summed E-state index contributed by atoms with van der Waals surface area (Å²) in [4.78, 5) is 18.2. The van der Waals surface area contributed by atoms with Gasteiger partial charge in [0.25, 0.3) is 10.5 Å². The number of carbonyl (C=O) groups is 2. The van der Waals surface area contributed by atoms with Gasteiger partial charge in [-0.1, -0.05) is 70.7 Å². The van der Waals surface area contributed by atoms with Crippen LogP contribution in [-0.2, 0) is 0 Å². The van der Waals surface area contributed by atoms with E-state index in [4.69, 9.17) is 9.59 Å². The molecule has 0 aliphatic heterocycles. The Hall–Kier alpha value is 0.640. The van der Waals surface area contributed by atoms with E-state index in [1.807, 2.05) is 0 Å². The molecule has 4 N–H and O–H groups in total. The minimum Gasteiger partial charge on any atom is -1.00 e. The Bertz CT molecular complexity index is 186. The average Bonchev–Trinajstić information content (AvgIpc) is 2.17. The molecule has 0 aromatic rings. The molecule has 0 saturated heterocycles. The molecule has 1 aliphatic rings. The number of thiol groups is 2. The third-order valence-electron chi connectivity index (χ3n) is 2.30. The quantitative estimate of drug-likeness (QED) is 0.407. The van der Waals surface area contributed by atoms with E-state index in [1.54, 1.807) is 0 Å². The van der Waals surface area contributed by atoms with Crippen molar-refractivity contribution in [3.8, 4) is 0 Å². The van der Waals surface area contributed by atoms with Gasteiger partial charge in [-0.05, 0) is 5.92 Å². The van der Waals surface area contributed by atoms with Crippen molar-refractivity contribution >= 4 is 35.7 Å². The van der Waals surface area contributed by atoms with Gasteiger partial charge in [0.1, 0.15) is 0 Å². The molecule has 1 saturated carbocycles. The Kier molecular flexibility index (Phi) is 22.3. The summed E-state index contributed by atoms with van der Waals surface area (Å²) in [5.41, 5.74) is 8.67. The van der Waals surface area contributed by atoms with E-state index in [9.17, 15) is 0 Å². The zero-order valence-electron chi connectivity index (χ0n) is 11.7. The maximum absolute atomic E-state index is 9.09. The van der Waals surface area contributed by atoms with Crippen LogP contribution in [0.1, 0.15) is 46.9 Å². The summed E-state index contributed by atoms with van der Waals surface area (Å²) < 4.78 is 0. The molecule has 1 fully saturated rings. The van der Waals surface area contributed by atoms with E-state index in [1.165, 1.54) is 38.5 Å². The molecule has 7 heteroatoms. The molecule has 0 bridgehead atoms. The standard InChI is InChI=1S/C8H16.2CH3NOS.Na.H/c1-2-8-6-4-3-5-7-8;2*2-1(3)4;;/h8H,2-7H2,1H3;2*(H3,2,3,4);;/q;;;+1;-1. The number of primary amides is 2. The van der Waals surface area contributed by atoms with E-state index in [0.29, 0.717) is 0 Å². The third kappa shape index (κ3) is 31.5. The summed E-state index contributed by atoms with van der Waals surface area (Å²) in [7, 11) is 0. The molecular formula is C10H23N2NaO2S2. The van der Waals surface area contributed by atoms with Gasteiger partial charge in [-0.15, -0.1) is 0 Å². The second-order valence-corrected chi connectivity index (χ2v) is 4.47. The average molecular weight is 290 g/mol. The van der Waals surface area contributed by atoms with Gasteiger partial charge >= 0.3 is 29.6 Å². The van der Waals surface area contributed by atoms with Crippen molar-refractivity contribution in [1.29, 1.82) is 0 Å². The number of rotatable bonds is 1. The zero-order chi connectivity index (χ0) is 13.0. The van der Waals surface area contributed by atoms with Gasteiger partial charge in [0.15, 0.2) is 0 Å². The topological polar surface area (TPSA) is 86.2 Å². The van der Waals surface area contributed by atoms with Crippen LogP contribution in [0.3, 0.4) is 0 Å². The number of hydrogen-bond donors (Lipinski definition) is 4. The molecule has 2 amide bonds. The fourth-order valence-electron chi connectivity index (χ4n) is 1.60. The monoisotopic (exact) mass is 290 g/mol. The SMILES string of the molecule is CCC1CCCCC1.NC(=O)S.NC(=O)S.[H-].[Na+]. The van der Waals surface area contributed by atoms with Crippen molar-refractivity contribution in [2.24, 2.45) is 17.4 Å². The maximum atomic E-state index is 9.09. The van der Waals surface area contributed by atoms with E-state index in [2.05, 4.69) is 43.6 Å². The van der Waals surface area contributed by atoms with Crippen LogP contribution in [0.15, 0.2) is 0 Å². The summed E-state index contributed by atoms with van der Waals surface area (Å²) in [5, 5.41) is -1.28. The summed E-state index contributed by atoms with van der Waals surface area (Å²) in [6.07, 6.45) is 8.93. The fraction of sp³-hybridized carbons (Fsp3) is 0.800. The Morgan fingerprint density at radius 1 is 1.12 bits per heavy atom. The van der Waals surface area contributed by atoms with Gasteiger partial charge in [-0.25, -0.2) is 0 Å². The molecular weight excluding hydrogens is 267 g/mol. The predicted molar refractivity (Wildman–Crippen MR) is 75.1 cm³/mol. The molecule has 98 valence electrons. The molecule has 1 rings (SSSR count). The molecule has 17 heavy (non-hydrogen) atoms. The van der Waals surface area contributed by atoms with Crippen molar-refractivity contribution in [3.05, 3.63) is 0 Å². The van der Waals surface area contributed by atoms with E-state index >= 15 is 0 Å². The van der Waals surface area contributed by atoms with Gasteiger partial charge in [0.05, 0.1) is 0 Å². The van der Waals surface area contributed by atoms with Crippen LogP contribution in [0.25, 0.3) is 0 Å². The van der Waals surface area contributed by atoms with Crippen molar-refractivity contribution in [2.75, 3.05) is 0 Å². The molecule has 0 heterocycles. The first kappa shape index (κ1) is 22.8. The van der Waals surface area contributed by atoms with Crippen molar-refractivity contribution in [1.82, 2.24) is 0 Å². The molecule has 4 nitrogen and oxygen atoms in total. The molecule has 0 atom stereocenters. The predicted octanol–water partition coefficient (Wildman–Crippen LogP) is 0.0830. The molecule has 1 aliphatic carbocycles. The van der Waals surface area contributed by atoms with Crippen molar-refractivity contribution < 1.29 is 40.6 Å². The first-order valence-corrected chi connectivity index (χ1v) is 6.26. The van der Waals surface area contributed by atoms with E-state index in [-0.39, 0.29) is 31.0 Å². The second kappa shape index (κ2) is 16.6. The normalized spacial score (nSPS) is 14.1. The van der Waals surface area contributed by atoms with Crippen LogP contribution in [0.5, 0.6) is 0 Å². The summed E-state index contributed by atoms with van der Waals surface area (Å²) in [5.74, 6) is 1.09. The number of hydrogen-bond acceptors (Lipinski definition) is 2. The Balaban J connectivity index is -0.0000000860. The largest absolute Gasteiger partial charge is 1.00 e. The summed E-state index contributed by atoms with van der Waals surface area (Å²) >= 11 is 6.21. The van der Waals surface area contributed by atoms with Crippen molar-refractivity contribution in [3.63, 3.8) is 0 Å². The van der Waals surface area contributed by atoms with Crippen LogP contribution >= 0.6 is 25.3 Å². The van der Waals surface area contributed by atoms with Gasteiger partial charge in [-0.3, -0.25) is 9.59 Å². The zero-order valence-corrected chi connectivity index (χ0v) is 14.5. The first-order valence-electron chi connectivity index (χ1n) is 5.36. The fourth-order valence-corrected chi connectivity index (χ4v) is 1.60. The summed E-state index contributed by atoms with van der Waals surface area (Å²) in [6, 6.07) is 0. The smallest absolute Gasteiger partial charge is 1.00 e. The van der Waals surface area contributed by atoms with E-state index in [0.717, 1.165) is 5.92 Å². The molecule has 0 aromatic carbocycles. The van der Waals surface area contributed by atoms with Crippen LogP contribution in [-0.4, -0.2) is 10.5 Å². The van der Waals surface area contributed by atoms with Crippen LogP contribution in [0.4, 0.5) is 9.59 Å². The Morgan fingerprint density at radius 2 is 1.41 bits per heavy atom. The van der Waals surface area contributed by atoms with Crippen LogP contribution in [0.2, 0.25) is 0 Å². The van der Waals surface area contributed by atoms with Gasteiger partial charge < -0.3 is 12.9 Å². The van der Waals surface area contributed by atoms with Crippen molar-refractivity contribution in [2.45, 2.75) is 45.4 Å². The first-order chi connectivity index (χ1) is 7.40. The Labute approximate surface area is 138 Å². The minimum absolute atomic E-state index is 0. The molecule has 0 aromatic heterocycles. The number of carbonyl (C=O) groups excluding carboxylic acids is 2. The third-order valence-corrected chi connectivity index (χ3v) is 2.30. The van der Waals surface area contributed by atoms with Gasteiger partial charge in [0.2, 0.25) is 0 Å². The maximum Gasteiger partial charge on any atom is 1.00 e. The molecule has 0 unspecified atom stereocenters. The summed E-state index contributed by atoms with van der Waals surface area (Å²) in [6.45, 7) is 2.32. The van der Waals surface area contributed by atoms with E-state index < -0.39 is 10.5 Å². The number of amides is 2. The Morgan fingerprint density at radius 3 is 1.59 bits per heavy atom. The molecule has 0 radical (unpaired) electrons. The minimum atomic E-state index is -0.639. The number of nitrogens with two attached hydrogens (primary N) is 2. The van der Waals surface area contributed by atoms with Gasteiger partial charge in [0, 0.05) is 0 Å². The van der Waals surface area contributed by atoms with Crippen LogP contribution < -0.4 is 41.0 Å². The van der Waals surface area contributed by atoms with Gasteiger partial charge in [-0.2, -0.15) is 0 Å². The molecule has 0 spiro atoms. The van der Waals surface area contributed by atoms with Crippen LogP contribution in [0, 0.1) is 5.92 Å².